The molecule has 144 valence electrons. The number of primary amides is 1. The van der Waals surface area contributed by atoms with Crippen LogP contribution in [-0.4, -0.2) is 33.9 Å². The van der Waals surface area contributed by atoms with Gasteiger partial charge in [-0.05, 0) is 13.8 Å². The summed E-state index contributed by atoms with van der Waals surface area (Å²) in [6, 6.07) is 1.14. The number of carbonyl (C=O) groups excluding carboxylic acids is 3. The number of nitrogens with two attached hydrogens (primary N) is 1. The van der Waals surface area contributed by atoms with E-state index in [2.05, 4.69) is 10.3 Å². The molecule has 2 aromatic rings. The number of esters is 1. The van der Waals surface area contributed by atoms with Gasteiger partial charge >= 0.3 is 11.7 Å². The molecule has 0 spiro atoms. The van der Waals surface area contributed by atoms with E-state index in [0.717, 1.165) is 10.6 Å². The van der Waals surface area contributed by atoms with Gasteiger partial charge < -0.3 is 19.5 Å². The fraction of sp³-hybridized carbons (Fsp3) is 0.312. The number of aryl methyl sites for hydroxylation is 2. The Morgan fingerprint density at radius 3 is 2.59 bits per heavy atom. The van der Waals surface area contributed by atoms with Crippen LogP contribution in [0.4, 0.5) is 5.88 Å². The Morgan fingerprint density at radius 2 is 2.00 bits per heavy atom. The van der Waals surface area contributed by atoms with Crippen molar-refractivity contribution >= 4 is 23.7 Å². The first-order valence-electron chi connectivity index (χ1n) is 7.94. The molecule has 0 aromatic carbocycles. The van der Waals surface area contributed by atoms with Gasteiger partial charge in [-0.1, -0.05) is 0 Å². The van der Waals surface area contributed by atoms with E-state index in [1.165, 1.54) is 13.1 Å². The molecule has 27 heavy (non-hydrogen) atoms. The molecule has 0 fully saturated rings. The molecule has 0 saturated heterocycles. The summed E-state index contributed by atoms with van der Waals surface area (Å²) in [6.07, 6.45) is 1.08. The van der Waals surface area contributed by atoms with Crippen LogP contribution in [-0.2, 0) is 16.1 Å². The lowest BCUT2D eigenvalue weighted by atomic mass is 10.1. The number of nitrogens with zero attached hydrogens (tertiary/aromatic N) is 1. The molecule has 0 aliphatic carbocycles. The van der Waals surface area contributed by atoms with Crippen molar-refractivity contribution < 1.29 is 23.5 Å². The van der Waals surface area contributed by atoms with Crippen molar-refractivity contribution in [3.05, 3.63) is 50.0 Å². The Hall–Kier alpha value is -3.63. The zero-order chi connectivity index (χ0) is 20.1. The van der Waals surface area contributed by atoms with Crippen molar-refractivity contribution in [1.29, 1.82) is 0 Å². The molecular weight excluding hydrogens is 360 g/mol. The van der Waals surface area contributed by atoms with E-state index < -0.39 is 29.0 Å². The van der Waals surface area contributed by atoms with Crippen LogP contribution in [0.5, 0.6) is 0 Å². The van der Waals surface area contributed by atoms with Crippen LogP contribution < -0.4 is 22.3 Å². The SMILES string of the molecule is CCOC(=O)c1c(C)oc(NC(=O)CCn2ccc(=O)[nH]c2=O)c1C(N)=O. The molecule has 0 unspecified atom stereocenters. The normalized spacial score (nSPS) is 10.4. The second-order valence-electron chi connectivity index (χ2n) is 5.42. The summed E-state index contributed by atoms with van der Waals surface area (Å²) in [4.78, 5) is 60.5. The summed E-state index contributed by atoms with van der Waals surface area (Å²) in [5.41, 5.74) is 3.64. The minimum atomic E-state index is -0.970. The highest BCUT2D eigenvalue weighted by Gasteiger charge is 2.29. The summed E-state index contributed by atoms with van der Waals surface area (Å²) >= 11 is 0. The van der Waals surface area contributed by atoms with Gasteiger partial charge in [-0.3, -0.25) is 24.7 Å². The first-order chi connectivity index (χ1) is 12.7. The molecule has 0 aliphatic heterocycles. The number of anilines is 1. The predicted octanol–water partition coefficient (Wildman–Crippen LogP) is -0.258. The third-order valence-corrected chi connectivity index (χ3v) is 3.54. The van der Waals surface area contributed by atoms with Crippen LogP contribution in [0.15, 0.2) is 26.3 Å². The molecule has 2 heterocycles. The Morgan fingerprint density at radius 1 is 1.30 bits per heavy atom. The summed E-state index contributed by atoms with van der Waals surface area (Å²) in [5.74, 6) is -2.58. The maximum absolute atomic E-state index is 12.1. The van der Waals surface area contributed by atoms with Crippen LogP contribution in [0.3, 0.4) is 0 Å². The fourth-order valence-corrected chi connectivity index (χ4v) is 2.35. The zero-order valence-electron chi connectivity index (χ0n) is 14.7. The number of carbonyl (C=O) groups is 3. The van der Waals surface area contributed by atoms with Crippen LogP contribution in [0.25, 0.3) is 0 Å². The lowest BCUT2D eigenvalue weighted by Gasteiger charge is -2.06. The molecule has 2 aromatic heterocycles. The van der Waals surface area contributed by atoms with E-state index >= 15 is 0 Å². The quantitative estimate of drug-likeness (QED) is 0.558. The lowest BCUT2D eigenvalue weighted by Crippen LogP contribution is -2.30. The standard InChI is InChI=1S/C16H18N4O7/c1-3-26-15(24)11-8(2)27-14(12(11)13(17)23)18-9(21)4-6-20-7-5-10(22)19-16(20)25/h5,7H,3-4,6H2,1-2H3,(H2,17,23)(H,18,21)(H,19,22,25). The number of aromatic nitrogens is 2. The fourth-order valence-electron chi connectivity index (χ4n) is 2.35. The number of hydrogen-bond donors (Lipinski definition) is 3. The van der Waals surface area contributed by atoms with Gasteiger partial charge in [0, 0.05) is 25.2 Å². The van der Waals surface area contributed by atoms with E-state index in [1.54, 1.807) is 6.92 Å². The highest BCUT2D eigenvalue weighted by molar-refractivity contribution is 6.10. The summed E-state index contributed by atoms with van der Waals surface area (Å²) in [6.45, 7) is 3.07. The molecule has 2 rings (SSSR count). The summed E-state index contributed by atoms with van der Waals surface area (Å²) < 4.78 is 11.3. The predicted molar refractivity (Wildman–Crippen MR) is 92.5 cm³/mol. The van der Waals surface area contributed by atoms with Crippen LogP contribution in [0.2, 0.25) is 0 Å². The molecule has 11 heteroatoms. The van der Waals surface area contributed by atoms with Crippen LogP contribution >= 0.6 is 0 Å². The average molecular weight is 378 g/mol. The van der Waals surface area contributed by atoms with E-state index in [4.69, 9.17) is 14.9 Å². The van der Waals surface area contributed by atoms with Crippen LogP contribution in [0.1, 0.15) is 39.8 Å². The van der Waals surface area contributed by atoms with Gasteiger partial charge in [0.05, 0.1) is 6.61 Å². The third kappa shape index (κ3) is 4.51. The smallest absolute Gasteiger partial charge is 0.342 e. The number of aromatic amines is 1. The highest BCUT2D eigenvalue weighted by atomic mass is 16.5. The maximum atomic E-state index is 12.1. The summed E-state index contributed by atoms with van der Waals surface area (Å²) in [5, 5.41) is 2.35. The average Bonchev–Trinajstić information content (AvgIpc) is 2.90. The topological polar surface area (TPSA) is 166 Å². The van der Waals surface area contributed by atoms with Gasteiger partial charge in [0.2, 0.25) is 11.8 Å². The number of amides is 2. The van der Waals surface area contributed by atoms with Gasteiger partial charge in [0.1, 0.15) is 16.9 Å². The largest absolute Gasteiger partial charge is 0.462 e. The molecule has 0 radical (unpaired) electrons. The van der Waals surface area contributed by atoms with Crippen molar-refractivity contribution in [1.82, 2.24) is 9.55 Å². The van der Waals surface area contributed by atoms with Crippen molar-refractivity contribution in [3.63, 3.8) is 0 Å². The number of hydrogen-bond acceptors (Lipinski definition) is 7. The first kappa shape index (κ1) is 19.7. The van der Waals surface area contributed by atoms with Crippen molar-refractivity contribution in [2.45, 2.75) is 26.8 Å². The summed E-state index contributed by atoms with van der Waals surface area (Å²) in [7, 11) is 0. The molecule has 0 bridgehead atoms. The number of furan rings is 1. The van der Waals surface area contributed by atoms with Crippen molar-refractivity contribution in [2.75, 3.05) is 11.9 Å². The maximum Gasteiger partial charge on any atom is 0.342 e. The Bertz CT molecular complexity index is 999. The van der Waals surface area contributed by atoms with E-state index in [-0.39, 0.29) is 42.3 Å². The second kappa shape index (κ2) is 8.17. The van der Waals surface area contributed by atoms with E-state index in [9.17, 15) is 24.0 Å². The second-order valence-corrected chi connectivity index (χ2v) is 5.42. The van der Waals surface area contributed by atoms with Gasteiger partial charge in [-0.15, -0.1) is 0 Å². The van der Waals surface area contributed by atoms with Crippen molar-refractivity contribution in [2.24, 2.45) is 5.73 Å². The number of rotatable bonds is 7. The highest BCUT2D eigenvalue weighted by Crippen LogP contribution is 2.27. The third-order valence-electron chi connectivity index (χ3n) is 3.54. The molecule has 11 nitrogen and oxygen atoms in total. The lowest BCUT2D eigenvalue weighted by molar-refractivity contribution is -0.116. The Balaban J connectivity index is 2.18. The van der Waals surface area contributed by atoms with Gasteiger partial charge in [-0.2, -0.15) is 0 Å². The number of nitrogens with one attached hydrogen (secondary N) is 2. The molecule has 0 aliphatic rings. The molecule has 2 amide bonds. The van der Waals surface area contributed by atoms with Gasteiger partial charge in [0.15, 0.2) is 0 Å². The van der Waals surface area contributed by atoms with E-state index in [0.29, 0.717) is 0 Å². The minimum absolute atomic E-state index is 0.0300. The number of ether oxygens (including phenoxy) is 1. The van der Waals surface area contributed by atoms with E-state index in [1.807, 2.05) is 0 Å². The monoisotopic (exact) mass is 378 g/mol. The Kier molecular flexibility index (Phi) is 5.96. The zero-order valence-corrected chi connectivity index (χ0v) is 14.7. The number of H-pyrrole nitrogens is 1. The Labute approximate surface area is 152 Å². The van der Waals surface area contributed by atoms with Gasteiger partial charge in [0.25, 0.3) is 11.5 Å². The van der Waals surface area contributed by atoms with Crippen molar-refractivity contribution in [3.8, 4) is 0 Å². The minimum Gasteiger partial charge on any atom is -0.462 e. The molecule has 0 atom stereocenters. The van der Waals surface area contributed by atoms with Crippen LogP contribution in [0, 0.1) is 6.92 Å². The molecular formula is C16H18N4O7. The first-order valence-corrected chi connectivity index (χ1v) is 7.94. The molecule has 4 N–H and O–H groups in total. The molecule has 0 saturated carbocycles. The van der Waals surface area contributed by atoms with Gasteiger partial charge in [-0.25, -0.2) is 9.59 Å².